The summed E-state index contributed by atoms with van der Waals surface area (Å²) < 4.78 is 25.8. The van der Waals surface area contributed by atoms with Gasteiger partial charge in [-0.2, -0.15) is 5.26 Å². The Morgan fingerprint density at radius 2 is 1.75 bits per heavy atom. The molecule has 2 N–H and O–H groups in total. The quantitative estimate of drug-likeness (QED) is 0.0585. The number of rotatable bonds is 18. The van der Waals surface area contributed by atoms with E-state index in [9.17, 15) is 25.1 Å². The van der Waals surface area contributed by atoms with Crippen LogP contribution in [0.2, 0.25) is 0 Å². The summed E-state index contributed by atoms with van der Waals surface area (Å²) in [6.45, 7) is 4.26. The van der Waals surface area contributed by atoms with Crippen LogP contribution in [0, 0.1) is 29.1 Å². The van der Waals surface area contributed by atoms with Crippen LogP contribution >= 0.6 is 0 Å². The van der Waals surface area contributed by atoms with Crippen molar-refractivity contribution in [3.8, 4) is 29.1 Å². The molecule has 1 amide bonds. The Balaban J connectivity index is 1.55. The zero-order valence-electron chi connectivity index (χ0n) is 32.8. The van der Waals surface area contributed by atoms with Crippen molar-refractivity contribution in [3.63, 3.8) is 0 Å². The highest BCUT2D eigenvalue weighted by Crippen LogP contribution is 2.62. The molecule has 6 atom stereocenters. The molecule has 1 aliphatic heterocycles. The minimum absolute atomic E-state index is 0.0262. The topological polar surface area (TPSA) is 160 Å². The molecule has 0 bridgehead atoms. The summed E-state index contributed by atoms with van der Waals surface area (Å²) in [5, 5.41) is 33.6. The van der Waals surface area contributed by atoms with E-state index in [1.165, 1.54) is 14.2 Å². The molecule has 1 heterocycles. The number of aliphatic hydroxyl groups is 2. The molecule has 0 spiro atoms. The van der Waals surface area contributed by atoms with E-state index in [1.54, 1.807) is 60.5 Å². The Morgan fingerprint density at radius 3 is 2.42 bits per heavy atom. The fourth-order valence-corrected chi connectivity index (χ4v) is 8.94. The van der Waals surface area contributed by atoms with E-state index in [0.717, 1.165) is 43.1 Å². The minimum Gasteiger partial charge on any atom is -0.496 e. The highest BCUT2D eigenvalue weighted by Gasteiger charge is 2.65. The number of unbranched alkanes of at least 4 members (excludes halogenated alkanes) is 2. The summed E-state index contributed by atoms with van der Waals surface area (Å²) in [6.07, 6.45) is 9.39. The molecular formula is C45H51N3O9. The van der Waals surface area contributed by atoms with Crippen LogP contribution in [0.15, 0.2) is 90.1 Å². The number of amides is 1. The molecular weight excluding hydrogens is 727 g/mol. The fourth-order valence-electron chi connectivity index (χ4n) is 8.94. The van der Waals surface area contributed by atoms with E-state index >= 15 is 0 Å². The smallest absolute Gasteiger partial charge is 0.254 e. The SMILES string of the molecule is C=CCOC12Oc3ccc(Oc4ccc(OC)c(C=O)c4)cc3C3C(CCCCO)C(CCCCO)C=C(C(=NOC)CC1N(C)C(=O)c1ccc(C#N)cc1)C32. The fraction of sp³-hybridized carbons (Fsp3) is 0.422. The van der Waals surface area contributed by atoms with Gasteiger partial charge in [0.2, 0.25) is 5.79 Å². The summed E-state index contributed by atoms with van der Waals surface area (Å²) in [7, 11) is 4.74. The second-order valence-corrected chi connectivity index (χ2v) is 14.7. The van der Waals surface area contributed by atoms with Crippen molar-refractivity contribution in [1.82, 2.24) is 4.90 Å². The Hall–Kier alpha value is -5.48. The lowest BCUT2D eigenvalue weighted by molar-refractivity contribution is -0.252. The van der Waals surface area contributed by atoms with Gasteiger partial charge in [-0.1, -0.05) is 30.1 Å². The number of fused-ring (bicyclic) bond motifs is 2. The molecule has 2 aliphatic carbocycles. The van der Waals surface area contributed by atoms with Crippen molar-refractivity contribution in [2.45, 2.75) is 62.7 Å². The largest absolute Gasteiger partial charge is 0.496 e. The second kappa shape index (κ2) is 18.6. The van der Waals surface area contributed by atoms with Crippen molar-refractivity contribution < 1.29 is 43.6 Å². The van der Waals surface area contributed by atoms with Crippen LogP contribution in [0.4, 0.5) is 0 Å². The van der Waals surface area contributed by atoms with Gasteiger partial charge in [-0.15, -0.1) is 6.58 Å². The molecule has 0 radical (unpaired) electrons. The number of aldehydes is 1. The first-order valence-corrected chi connectivity index (χ1v) is 19.5. The third kappa shape index (κ3) is 8.33. The predicted molar refractivity (Wildman–Crippen MR) is 214 cm³/mol. The van der Waals surface area contributed by atoms with Gasteiger partial charge in [0.15, 0.2) is 6.29 Å². The zero-order chi connectivity index (χ0) is 40.5. The van der Waals surface area contributed by atoms with Gasteiger partial charge in [0.05, 0.1) is 42.5 Å². The van der Waals surface area contributed by atoms with Crippen LogP contribution in [0.5, 0.6) is 23.0 Å². The summed E-state index contributed by atoms with van der Waals surface area (Å²) >= 11 is 0. The van der Waals surface area contributed by atoms with E-state index in [4.69, 9.17) is 23.8 Å². The predicted octanol–water partition coefficient (Wildman–Crippen LogP) is 7.21. The van der Waals surface area contributed by atoms with Crippen LogP contribution in [0.25, 0.3) is 0 Å². The summed E-state index contributed by atoms with van der Waals surface area (Å²) in [6, 6.07) is 18.7. The van der Waals surface area contributed by atoms with Crippen LogP contribution < -0.4 is 14.2 Å². The van der Waals surface area contributed by atoms with Crippen LogP contribution in [-0.2, 0) is 9.57 Å². The molecule has 57 heavy (non-hydrogen) atoms. The van der Waals surface area contributed by atoms with E-state index in [-0.39, 0.29) is 49.9 Å². The Bertz CT molecular complexity index is 2020. The van der Waals surface area contributed by atoms with Gasteiger partial charge in [-0.3, -0.25) is 9.59 Å². The van der Waals surface area contributed by atoms with Gasteiger partial charge in [0.25, 0.3) is 5.91 Å². The third-order valence-electron chi connectivity index (χ3n) is 11.5. The van der Waals surface area contributed by atoms with Crippen molar-refractivity contribution >= 4 is 17.9 Å². The molecule has 12 nitrogen and oxygen atoms in total. The summed E-state index contributed by atoms with van der Waals surface area (Å²) in [5.41, 5.74) is 3.69. The molecule has 1 fully saturated rings. The maximum Gasteiger partial charge on any atom is 0.254 e. The highest BCUT2D eigenvalue weighted by molar-refractivity contribution is 6.03. The number of hydrogen-bond donors (Lipinski definition) is 2. The van der Waals surface area contributed by atoms with Gasteiger partial charge in [0.1, 0.15) is 36.1 Å². The molecule has 0 saturated heterocycles. The number of carbonyl (C=O) groups excluding carboxylic acids is 2. The lowest BCUT2D eigenvalue weighted by Gasteiger charge is -2.59. The zero-order valence-corrected chi connectivity index (χ0v) is 32.8. The van der Waals surface area contributed by atoms with Gasteiger partial charge < -0.3 is 38.9 Å². The minimum atomic E-state index is -1.41. The number of hydrogen-bond acceptors (Lipinski definition) is 11. The monoisotopic (exact) mass is 777 g/mol. The van der Waals surface area contributed by atoms with E-state index in [0.29, 0.717) is 58.2 Å². The standard InChI is InChI=1S/C45H51N3O9/c1-5-22-55-45-41(48(2)44(52)30-14-12-29(27-46)13-15-30)26-38(47-54-4)36-24-31(10-6-8-20-49)35(11-7-9-21-50)42(43(36)45)37-25-34(17-19-40(37)57-45)56-33-16-18-39(53-3)32(23-33)28-51/h5,12-19,23-25,28,31,35,41-43,49-50H,1,6-11,20-22,26H2,2-4H3. The number of oxime groups is 1. The molecule has 0 aromatic heterocycles. The van der Waals surface area contributed by atoms with Crippen molar-refractivity contribution in [2.24, 2.45) is 22.9 Å². The summed E-state index contributed by atoms with van der Waals surface area (Å²) in [4.78, 5) is 33.4. The number of benzene rings is 3. The van der Waals surface area contributed by atoms with Gasteiger partial charge >= 0.3 is 0 Å². The third-order valence-corrected chi connectivity index (χ3v) is 11.5. The first-order valence-electron chi connectivity index (χ1n) is 19.5. The second-order valence-electron chi connectivity index (χ2n) is 14.7. The van der Waals surface area contributed by atoms with E-state index in [1.807, 2.05) is 18.2 Å². The lowest BCUT2D eigenvalue weighted by atomic mass is 9.55. The van der Waals surface area contributed by atoms with E-state index < -0.39 is 17.7 Å². The van der Waals surface area contributed by atoms with Crippen LogP contribution in [0.1, 0.15) is 82.7 Å². The maximum atomic E-state index is 14.4. The average Bonchev–Trinajstić information content (AvgIpc) is 3.24. The van der Waals surface area contributed by atoms with Crippen molar-refractivity contribution in [3.05, 3.63) is 107 Å². The first-order chi connectivity index (χ1) is 27.8. The molecule has 3 aromatic carbocycles. The lowest BCUT2D eigenvalue weighted by Crippen LogP contribution is -2.69. The number of nitrogens with zero attached hydrogens (tertiary/aromatic N) is 3. The van der Waals surface area contributed by atoms with Gasteiger partial charge in [-0.25, -0.2) is 0 Å². The highest BCUT2D eigenvalue weighted by atomic mass is 16.7. The molecule has 300 valence electrons. The molecule has 6 rings (SSSR count). The normalized spacial score (nSPS) is 23.8. The molecule has 3 aliphatic rings. The first kappa shape index (κ1) is 41.2. The van der Waals surface area contributed by atoms with Crippen molar-refractivity contribution in [2.75, 3.05) is 41.1 Å². The van der Waals surface area contributed by atoms with Crippen LogP contribution in [-0.4, -0.2) is 85.9 Å². The number of allylic oxidation sites excluding steroid dienone is 1. The Kier molecular flexibility index (Phi) is 13.5. The van der Waals surface area contributed by atoms with Crippen LogP contribution in [0.3, 0.4) is 0 Å². The maximum absolute atomic E-state index is 14.4. The number of aliphatic hydroxyl groups excluding tert-OH is 2. The van der Waals surface area contributed by atoms with Crippen molar-refractivity contribution in [1.29, 1.82) is 5.26 Å². The number of nitriles is 1. The summed E-state index contributed by atoms with van der Waals surface area (Å²) in [5.74, 6) is -0.327. The number of ether oxygens (including phenoxy) is 4. The molecule has 12 heteroatoms. The number of likely N-dealkylation sites (N-methyl/N-ethyl adjacent to an activating group) is 1. The number of methoxy groups -OCH3 is 1. The Labute approximate surface area is 333 Å². The van der Waals surface area contributed by atoms with Gasteiger partial charge in [-0.05, 0) is 104 Å². The average molecular weight is 778 g/mol. The Morgan fingerprint density at radius 1 is 1.04 bits per heavy atom. The molecule has 1 saturated carbocycles. The molecule has 3 aromatic rings. The number of carbonyl (C=O) groups is 2. The molecule has 6 unspecified atom stereocenters. The van der Waals surface area contributed by atoms with Gasteiger partial charge in [0, 0.05) is 43.7 Å². The van der Waals surface area contributed by atoms with E-state index in [2.05, 4.69) is 23.9 Å².